The van der Waals surface area contributed by atoms with E-state index in [1.54, 1.807) is 0 Å². The number of ether oxygens (including phenoxy) is 1. The first kappa shape index (κ1) is 15.0. The maximum atomic E-state index is 5.80. The number of hydrogen-bond donors (Lipinski definition) is 0. The van der Waals surface area contributed by atoms with Crippen LogP contribution in [0.15, 0.2) is 18.2 Å². The summed E-state index contributed by atoms with van der Waals surface area (Å²) in [6.45, 7) is 11.5. The summed E-state index contributed by atoms with van der Waals surface area (Å²) >= 11 is 0. The van der Waals surface area contributed by atoms with Crippen LogP contribution in [0.5, 0.6) is 5.88 Å². The second kappa shape index (κ2) is 6.77. The van der Waals surface area contributed by atoms with Gasteiger partial charge in [0.2, 0.25) is 5.88 Å². The van der Waals surface area contributed by atoms with E-state index >= 15 is 0 Å². The fraction of sp³-hybridized carbons (Fsp3) is 0.688. The molecule has 1 aromatic heterocycles. The van der Waals surface area contributed by atoms with Crippen LogP contribution in [0.1, 0.15) is 52.7 Å². The largest absolute Gasteiger partial charge is 0.477 e. The highest BCUT2D eigenvalue weighted by atomic mass is 16.5. The fourth-order valence-corrected chi connectivity index (χ4v) is 2.49. The predicted molar refractivity (Wildman–Crippen MR) is 76.9 cm³/mol. The molecule has 0 aromatic carbocycles. The van der Waals surface area contributed by atoms with Crippen LogP contribution in [0.25, 0.3) is 0 Å². The summed E-state index contributed by atoms with van der Waals surface area (Å²) in [6.07, 6.45) is 3.95. The van der Waals surface area contributed by atoms with Crippen LogP contribution in [0, 0.1) is 18.3 Å². The molecule has 102 valence electrons. The van der Waals surface area contributed by atoms with Crippen molar-refractivity contribution < 1.29 is 4.74 Å². The van der Waals surface area contributed by atoms with Gasteiger partial charge in [-0.15, -0.1) is 0 Å². The first-order valence-corrected chi connectivity index (χ1v) is 7.14. The Bertz CT molecular complexity index is 360. The van der Waals surface area contributed by atoms with E-state index in [-0.39, 0.29) is 0 Å². The van der Waals surface area contributed by atoms with Gasteiger partial charge in [-0.3, -0.25) is 0 Å². The molecule has 2 rings (SSSR count). The van der Waals surface area contributed by atoms with Crippen molar-refractivity contribution in [3.63, 3.8) is 0 Å². The molecule has 1 atom stereocenters. The minimum absolute atomic E-state index is 0.434. The number of aryl methyl sites for hydroxylation is 1. The van der Waals surface area contributed by atoms with Crippen LogP contribution in [-0.2, 0) is 0 Å². The lowest BCUT2D eigenvalue weighted by molar-refractivity contribution is 0.157. The Hall–Kier alpha value is -1.05. The zero-order chi connectivity index (χ0) is 13.6. The molecule has 18 heavy (non-hydrogen) atoms. The monoisotopic (exact) mass is 249 g/mol. The van der Waals surface area contributed by atoms with Gasteiger partial charge in [0.05, 0.1) is 6.61 Å². The minimum Gasteiger partial charge on any atom is -0.477 e. The summed E-state index contributed by atoms with van der Waals surface area (Å²) in [5.74, 6) is 1.44. The van der Waals surface area contributed by atoms with Gasteiger partial charge in [0, 0.05) is 11.8 Å². The molecular weight excluding hydrogens is 222 g/mol. The van der Waals surface area contributed by atoms with Gasteiger partial charge < -0.3 is 4.74 Å². The standard InChI is InChI=1S/C14H21NO.C2H6/c1-11-6-4-8-13(15-11)16-10-12-7-5-9-14(12,2)3;1-2/h4,6,8,12H,5,7,9-10H2,1-3H3;1-2H3/t12-;/m1./s1. The molecule has 1 aromatic rings. The Morgan fingerprint density at radius 2 is 2.06 bits per heavy atom. The quantitative estimate of drug-likeness (QED) is 0.779. The highest BCUT2D eigenvalue weighted by molar-refractivity contribution is 5.14. The summed E-state index contributed by atoms with van der Waals surface area (Å²) in [6, 6.07) is 5.93. The van der Waals surface area contributed by atoms with E-state index in [0.29, 0.717) is 11.3 Å². The van der Waals surface area contributed by atoms with Crippen molar-refractivity contribution in [2.24, 2.45) is 11.3 Å². The Balaban J connectivity index is 0.000000771. The summed E-state index contributed by atoms with van der Waals surface area (Å²) in [7, 11) is 0. The van der Waals surface area contributed by atoms with Crippen LogP contribution in [0.3, 0.4) is 0 Å². The second-order valence-electron chi connectivity index (χ2n) is 5.51. The van der Waals surface area contributed by atoms with Gasteiger partial charge in [-0.1, -0.05) is 40.2 Å². The number of aromatic nitrogens is 1. The van der Waals surface area contributed by atoms with Crippen LogP contribution in [0.4, 0.5) is 0 Å². The summed E-state index contributed by atoms with van der Waals surface area (Å²) in [5, 5.41) is 0. The van der Waals surface area contributed by atoms with E-state index in [0.717, 1.165) is 18.2 Å². The Morgan fingerprint density at radius 3 is 2.61 bits per heavy atom. The minimum atomic E-state index is 0.434. The van der Waals surface area contributed by atoms with Gasteiger partial charge in [0.15, 0.2) is 0 Å². The molecule has 2 nitrogen and oxygen atoms in total. The molecule has 1 fully saturated rings. The Morgan fingerprint density at radius 1 is 1.33 bits per heavy atom. The van der Waals surface area contributed by atoms with E-state index in [1.807, 2.05) is 39.0 Å². The van der Waals surface area contributed by atoms with Crippen molar-refractivity contribution in [2.75, 3.05) is 6.61 Å². The second-order valence-corrected chi connectivity index (χ2v) is 5.51. The smallest absolute Gasteiger partial charge is 0.213 e. The molecule has 2 heteroatoms. The van der Waals surface area contributed by atoms with Gasteiger partial charge in [-0.25, -0.2) is 4.98 Å². The molecule has 0 amide bonds. The van der Waals surface area contributed by atoms with E-state index in [9.17, 15) is 0 Å². The molecule has 0 bridgehead atoms. The van der Waals surface area contributed by atoms with Gasteiger partial charge >= 0.3 is 0 Å². The third-order valence-corrected chi connectivity index (χ3v) is 3.77. The van der Waals surface area contributed by atoms with E-state index in [4.69, 9.17) is 4.74 Å². The number of pyridine rings is 1. The lowest BCUT2D eigenvalue weighted by Crippen LogP contribution is -2.23. The highest BCUT2D eigenvalue weighted by Crippen LogP contribution is 2.42. The third kappa shape index (κ3) is 4.01. The van der Waals surface area contributed by atoms with Crippen molar-refractivity contribution >= 4 is 0 Å². The maximum Gasteiger partial charge on any atom is 0.213 e. The van der Waals surface area contributed by atoms with Crippen molar-refractivity contribution in [1.82, 2.24) is 4.98 Å². The van der Waals surface area contributed by atoms with E-state index < -0.39 is 0 Å². The molecule has 1 heterocycles. The van der Waals surface area contributed by atoms with Crippen LogP contribution in [0.2, 0.25) is 0 Å². The normalized spacial score (nSPS) is 21.1. The van der Waals surface area contributed by atoms with Crippen molar-refractivity contribution in [1.29, 1.82) is 0 Å². The van der Waals surface area contributed by atoms with E-state index in [2.05, 4.69) is 18.8 Å². The number of nitrogens with zero attached hydrogens (tertiary/aromatic N) is 1. The van der Waals surface area contributed by atoms with Gasteiger partial charge in [0.1, 0.15) is 0 Å². The molecule has 0 unspecified atom stereocenters. The molecule has 0 aliphatic heterocycles. The molecule has 1 aliphatic rings. The number of hydrogen-bond acceptors (Lipinski definition) is 2. The highest BCUT2D eigenvalue weighted by Gasteiger charge is 2.34. The Kier molecular flexibility index (Phi) is 5.64. The van der Waals surface area contributed by atoms with Gasteiger partial charge in [-0.2, -0.15) is 0 Å². The topological polar surface area (TPSA) is 22.1 Å². The maximum absolute atomic E-state index is 5.80. The molecule has 0 saturated heterocycles. The van der Waals surface area contributed by atoms with Gasteiger partial charge in [-0.05, 0) is 37.2 Å². The molecule has 1 aliphatic carbocycles. The fourth-order valence-electron chi connectivity index (χ4n) is 2.49. The zero-order valence-corrected chi connectivity index (χ0v) is 12.5. The molecule has 1 saturated carbocycles. The lowest BCUT2D eigenvalue weighted by Gasteiger charge is -2.26. The first-order chi connectivity index (χ1) is 8.58. The molecule has 0 spiro atoms. The average Bonchev–Trinajstić information content (AvgIpc) is 2.68. The van der Waals surface area contributed by atoms with Crippen molar-refractivity contribution in [2.45, 2.75) is 53.9 Å². The number of rotatable bonds is 3. The van der Waals surface area contributed by atoms with Crippen molar-refractivity contribution in [3.05, 3.63) is 23.9 Å². The first-order valence-electron chi connectivity index (χ1n) is 7.14. The predicted octanol–water partition coefficient (Wildman–Crippen LogP) is 4.62. The Labute approximate surface area is 112 Å². The SMILES string of the molecule is CC.Cc1cccc(OC[C@H]2CCCC2(C)C)n1. The van der Waals surface area contributed by atoms with Gasteiger partial charge in [0.25, 0.3) is 0 Å². The molecule has 0 radical (unpaired) electrons. The lowest BCUT2D eigenvalue weighted by atomic mass is 9.82. The molecular formula is C16H27NO. The van der Waals surface area contributed by atoms with Crippen LogP contribution >= 0.6 is 0 Å². The van der Waals surface area contributed by atoms with Crippen LogP contribution < -0.4 is 4.74 Å². The summed E-state index contributed by atoms with van der Waals surface area (Å²) in [5.41, 5.74) is 1.45. The van der Waals surface area contributed by atoms with E-state index in [1.165, 1.54) is 19.3 Å². The van der Waals surface area contributed by atoms with Crippen LogP contribution in [-0.4, -0.2) is 11.6 Å². The summed E-state index contributed by atoms with van der Waals surface area (Å²) in [4.78, 5) is 4.36. The third-order valence-electron chi connectivity index (χ3n) is 3.77. The molecule has 0 N–H and O–H groups in total. The zero-order valence-electron chi connectivity index (χ0n) is 12.5. The average molecular weight is 249 g/mol. The summed E-state index contributed by atoms with van der Waals surface area (Å²) < 4.78 is 5.80. The van der Waals surface area contributed by atoms with Crippen molar-refractivity contribution in [3.8, 4) is 5.88 Å².